The number of rotatable bonds is 6. The van der Waals surface area contributed by atoms with Crippen LogP contribution in [-0.4, -0.2) is 18.2 Å². The van der Waals surface area contributed by atoms with Crippen molar-refractivity contribution in [3.05, 3.63) is 76.4 Å². The van der Waals surface area contributed by atoms with Crippen LogP contribution in [0.4, 0.5) is 4.39 Å². The fraction of sp³-hybridized carbons (Fsp3) is 0.158. The quantitative estimate of drug-likeness (QED) is 0.414. The summed E-state index contributed by atoms with van der Waals surface area (Å²) in [5, 5.41) is 3.44. The first kappa shape index (κ1) is 17.2. The van der Waals surface area contributed by atoms with Gasteiger partial charge in [0.15, 0.2) is 0 Å². The van der Waals surface area contributed by atoms with Crippen LogP contribution in [0, 0.1) is 5.82 Å². The van der Waals surface area contributed by atoms with E-state index in [9.17, 15) is 14.0 Å². The van der Waals surface area contributed by atoms with Crippen LogP contribution in [0.2, 0.25) is 0 Å². The highest BCUT2D eigenvalue weighted by atomic mass is 32.2. The molecule has 0 unspecified atom stereocenters. The summed E-state index contributed by atoms with van der Waals surface area (Å²) < 4.78 is 18.0. The maximum Gasteiger partial charge on any atom is 0.349 e. The molecule has 1 N–H and O–H groups in total. The summed E-state index contributed by atoms with van der Waals surface area (Å²) in [5.41, 5.74) is -0.179. The van der Waals surface area contributed by atoms with Crippen LogP contribution in [0.5, 0.6) is 0 Å². The molecule has 25 heavy (non-hydrogen) atoms. The minimum atomic E-state index is -0.642. The van der Waals surface area contributed by atoms with E-state index in [0.29, 0.717) is 17.5 Å². The molecule has 0 aliphatic carbocycles. The molecule has 0 atom stereocenters. The lowest BCUT2D eigenvalue weighted by Crippen LogP contribution is -2.29. The Kier molecular flexibility index (Phi) is 5.50. The number of halogens is 1. The van der Waals surface area contributed by atoms with Crippen molar-refractivity contribution in [3.63, 3.8) is 0 Å². The summed E-state index contributed by atoms with van der Waals surface area (Å²) in [6, 6.07) is 14.9. The van der Waals surface area contributed by atoms with E-state index in [0.717, 1.165) is 17.1 Å². The number of hydrogen-bond donors (Lipinski definition) is 1. The van der Waals surface area contributed by atoms with Crippen LogP contribution in [-0.2, 0) is 0 Å². The van der Waals surface area contributed by atoms with Gasteiger partial charge in [0.1, 0.15) is 17.0 Å². The number of thioether (sulfide) groups is 1. The fourth-order valence-corrected chi connectivity index (χ4v) is 3.16. The molecule has 0 aliphatic rings. The first-order chi connectivity index (χ1) is 12.1. The number of nitrogens with one attached hydrogen (secondary N) is 1. The Morgan fingerprint density at radius 3 is 2.68 bits per heavy atom. The normalized spacial score (nSPS) is 10.8. The highest BCUT2D eigenvalue weighted by Crippen LogP contribution is 2.18. The monoisotopic (exact) mass is 357 g/mol. The minimum absolute atomic E-state index is 0.00453. The molecular weight excluding hydrogens is 341 g/mol. The van der Waals surface area contributed by atoms with Crippen molar-refractivity contribution in [1.29, 1.82) is 0 Å². The summed E-state index contributed by atoms with van der Waals surface area (Å²) in [6.45, 7) is 0.444. The highest BCUT2D eigenvalue weighted by molar-refractivity contribution is 7.99. The number of benzene rings is 2. The molecule has 0 bridgehead atoms. The Morgan fingerprint density at radius 2 is 1.88 bits per heavy atom. The lowest BCUT2D eigenvalue weighted by molar-refractivity contribution is 0.0950. The third-order valence-corrected chi connectivity index (χ3v) is 4.67. The first-order valence-corrected chi connectivity index (χ1v) is 8.81. The van der Waals surface area contributed by atoms with E-state index in [1.165, 1.54) is 12.1 Å². The second-order valence-electron chi connectivity index (χ2n) is 5.40. The van der Waals surface area contributed by atoms with Gasteiger partial charge < -0.3 is 9.73 Å². The van der Waals surface area contributed by atoms with Crippen LogP contribution in [0.3, 0.4) is 0 Å². The van der Waals surface area contributed by atoms with E-state index in [4.69, 9.17) is 4.42 Å². The van der Waals surface area contributed by atoms with Gasteiger partial charge in [-0.25, -0.2) is 9.18 Å². The van der Waals surface area contributed by atoms with Crippen LogP contribution in [0.1, 0.15) is 16.8 Å². The number of para-hydroxylation sites is 1. The predicted octanol–water partition coefficient (Wildman–Crippen LogP) is 3.84. The Bertz CT molecular complexity index is 937. The summed E-state index contributed by atoms with van der Waals surface area (Å²) >= 11 is 1.58. The molecule has 0 fully saturated rings. The molecule has 4 nitrogen and oxygen atoms in total. The molecule has 3 rings (SSSR count). The average Bonchev–Trinajstić information content (AvgIpc) is 2.62. The molecule has 1 heterocycles. The number of carbonyl (C=O) groups excluding carboxylic acids is 1. The van der Waals surface area contributed by atoms with Crippen molar-refractivity contribution in [1.82, 2.24) is 5.32 Å². The molecule has 6 heteroatoms. The zero-order valence-corrected chi connectivity index (χ0v) is 14.1. The van der Waals surface area contributed by atoms with Crippen LogP contribution >= 0.6 is 11.8 Å². The average molecular weight is 357 g/mol. The predicted molar refractivity (Wildman–Crippen MR) is 96.6 cm³/mol. The number of carbonyl (C=O) groups is 1. The number of hydrogen-bond acceptors (Lipinski definition) is 4. The Morgan fingerprint density at radius 1 is 1.12 bits per heavy atom. The Hall–Kier alpha value is -2.60. The van der Waals surface area contributed by atoms with Crippen LogP contribution in [0.15, 0.2) is 68.7 Å². The van der Waals surface area contributed by atoms with Crippen LogP contribution < -0.4 is 10.9 Å². The van der Waals surface area contributed by atoms with Crippen molar-refractivity contribution >= 4 is 28.6 Å². The topological polar surface area (TPSA) is 59.3 Å². The largest absolute Gasteiger partial charge is 0.422 e. The molecule has 2 aromatic carbocycles. The Labute approximate surface area is 148 Å². The van der Waals surface area contributed by atoms with Gasteiger partial charge in [0, 0.05) is 16.8 Å². The molecule has 0 saturated carbocycles. The molecule has 1 amide bonds. The Balaban J connectivity index is 1.52. The third kappa shape index (κ3) is 4.48. The van der Waals surface area contributed by atoms with E-state index in [-0.39, 0.29) is 11.4 Å². The van der Waals surface area contributed by atoms with Gasteiger partial charge in [0.25, 0.3) is 5.91 Å². The van der Waals surface area contributed by atoms with Gasteiger partial charge in [0.05, 0.1) is 0 Å². The zero-order chi connectivity index (χ0) is 17.6. The second-order valence-corrected chi connectivity index (χ2v) is 6.57. The zero-order valence-electron chi connectivity index (χ0n) is 13.3. The molecule has 0 spiro atoms. The lowest BCUT2D eigenvalue weighted by atomic mass is 10.2. The molecule has 128 valence electrons. The molecule has 1 aromatic heterocycles. The van der Waals surface area contributed by atoms with Gasteiger partial charge in [-0.1, -0.05) is 18.2 Å². The summed E-state index contributed by atoms with van der Waals surface area (Å²) in [5.74, 6) is 0.0789. The molecule has 0 radical (unpaired) electrons. The maximum atomic E-state index is 12.8. The summed E-state index contributed by atoms with van der Waals surface area (Å²) in [7, 11) is 0. The van der Waals surface area contributed by atoms with E-state index >= 15 is 0 Å². The van der Waals surface area contributed by atoms with E-state index in [1.54, 1.807) is 48.2 Å². The summed E-state index contributed by atoms with van der Waals surface area (Å²) in [4.78, 5) is 25.0. The summed E-state index contributed by atoms with van der Waals surface area (Å²) in [6.07, 6.45) is 0.729. The van der Waals surface area contributed by atoms with Crippen molar-refractivity contribution < 1.29 is 13.6 Å². The number of amides is 1. The fourth-order valence-electron chi connectivity index (χ4n) is 2.31. The lowest BCUT2D eigenvalue weighted by Gasteiger charge is -2.05. The second kappa shape index (κ2) is 7.98. The van der Waals surface area contributed by atoms with E-state index < -0.39 is 11.5 Å². The van der Waals surface area contributed by atoms with Gasteiger partial charge >= 0.3 is 5.63 Å². The van der Waals surface area contributed by atoms with E-state index in [1.807, 2.05) is 6.07 Å². The van der Waals surface area contributed by atoms with Gasteiger partial charge in [0.2, 0.25) is 0 Å². The molecule has 3 aromatic rings. The van der Waals surface area contributed by atoms with E-state index in [2.05, 4.69) is 5.32 Å². The number of fused-ring (bicyclic) bond motifs is 1. The van der Waals surface area contributed by atoms with Gasteiger partial charge in [-0.2, -0.15) is 0 Å². The van der Waals surface area contributed by atoms with Crippen molar-refractivity contribution in [2.24, 2.45) is 0 Å². The van der Waals surface area contributed by atoms with Gasteiger partial charge in [-0.15, -0.1) is 11.8 Å². The SMILES string of the molecule is O=C(NCCCSc1ccc(F)cc1)c1cc2ccccc2oc1=O. The van der Waals surface area contributed by atoms with Crippen molar-refractivity contribution in [2.45, 2.75) is 11.3 Å². The highest BCUT2D eigenvalue weighted by Gasteiger charge is 2.12. The van der Waals surface area contributed by atoms with Gasteiger partial charge in [-0.05, 0) is 48.6 Å². The molecular formula is C19H16FNO3S. The first-order valence-electron chi connectivity index (χ1n) is 7.83. The molecule has 0 aliphatic heterocycles. The third-order valence-electron chi connectivity index (χ3n) is 3.58. The minimum Gasteiger partial charge on any atom is -0.422 e. The smallest absolute Gasteiger partial charge is 0.349 e. The van der Waals surface area contributed by atoms with Crippen molar-refractivity contribution in [3.8, 4) is 0 Å². The van der Waals surface area contributed by atoms with Gasteiger partial charge in [-0.3, -0.25) is 4.79 Å². The van der Waals surface area contributed by atoms with Crippen molar-refractivity contribution in [2.75, 3.05) is 12.3 Å². The molecule has 0 saturated heterocycles. The van der Waals surface area contributed by atoms with Crippen LogP contribution in [0.25, 0.3) is 11.0 Å². The standard InChI is InChI=1S/C19H16FNO3S/c20-14-6-8-15(9-7-14)25-11-3-10-21-18(22)16-12-13-4-1-2-5-17(13)24-19(16)23/h1-2,4-9,12H,3,10-11H2,(H,21,22). The maximum absolute atomic E-state index is 12.8.